The Bertz CT molecular complexity index is 3060. The summed E-state index contributed by atoms with van der Waals surface area (Å²) in [5, 5.41) is 11.4. The number of benzene rings is 10. The fourth-order valence-electron chi connectivity index (χ4n) is 8.50. The average molecular weight is 741 g/mol. The van der Waals surface area contributed by atoms with Crippen LogP contribution < -0.4 is 5.32 Å². The topological polar surface area (TPSA) is 24.4 Å². The van der Waals surface area contributed by atoms with Crippen LogP contribution in [0, 0.1) is 0 Å². The number of anilines is 1. The SMILES string of the molecule is C(=NC(Nc1ccccc1-c1ccccc1)c1ccccc1-c1ccccc1)c1ccc(-c2c3ccccc3c(-c3ccccc3)c3ccc4ccccc4c23)cc1. The zero-order valence-electron chi connectivity index (χ0n) is 32.0. The maximum Gasteiger partial charge on any atom is 0.145 e. The fraction of sp³-hybridized carbons (Fsp3) is 0.0179. The molecule has 0 aliphatic heterocycles. The summed E-state index contributed by atoms with van der Waals surface area (Å²) in [5.41, 5.74) is 12.7. The Morgan fingerprint density at radius 2 is 0.879 bits per heavy atom. The largest absolute Gasteiger partial charge is 0.360 e. The number of aliphatic imine (C=N–C) groups is 1. The molecule has 0 bridgehead atoms. The summed E-state index contributed by atoms with van der Waals surface area (Å²) in [7, 11) is 0. The van der Waals surface area contributed by atoms with E-state index in [0.717, 1.165) is 39.1 Å². The van der Waals surface area contributed by atoms with Gasteiger partial charge in [0.05, 0.1) is 0 Å². The molecule has 2 nitrogen and oxygen atoms in total. The smallest absolute Gasteiger partial charge is 0.145 e. The van der Waals surface area contributed by atoms with Crippen molar-refractivity contribution in [1.82, 2.24) is 0 Å². The van der Waals surface area contributed by atoms with Gasteiger partial charge >= 0.3 is 0 Å². The minimum atomic E-state index is -0.356. The van der Waals surface area contributed by atoms with Gasteiger partial charge in [-0.1, -0.05) is 218 Å². The van der Waals surface area contributed by atoms with E-state index in [9.17, 15) is 0 Å². The van der Waals surface area contributed by atoms with Crippen LogP contribution in [0.4, 0.5) is 5.69 Å². The Morgan fingerprint density at radius 3 is 1.59 bits per heavy atom. The summed E-state index contributed by atoms with van der Waals surface area (Å²) < 4.78 is 0. The van der Waals surface area contributed by atoms with Gasteiger partial charge < -0.3 is 5.32 Å². The third kappa shape index (κ3) is 6.61. The van der Waals surface area contributed by atoms with Gasteiger partial charge in [-0.15, -0.1) is 0 Å². The van der Waals surface area contributed by atoms with Gasteiger partial charge in [0.2, 0.25) is 0 Å². The Balaban J connectivity index is 1.09. The molecule has 0 aromatic heterocycles. The van der Waals surface area contributed by atoms with Crippen molar-refractivity contribution in [2.45, 2.75) is 6.17 Å². The third-order valence-electron chi connectivity index (χ3n) is 11.2. The van der Waals surface area contributed by atoms with Crippen molar-refractivity contribution >= 4 is 44.2 Å². The lowest BCUT2D eigenvalue weighted by Crippen LogP contribution is -2.11. The molecular weight excluding hydrogens is 701 g/mol. The lowest BCUT2D eigenvalue weighted by Gasteiger charge is -2.22. The molecule has 0 aliphatic carbocycles. The number of fused-ring (bicyclic) bond motifs is 4. The molecule has 0 fully saturated rings. The molecule has 0 amide bonds. The lowest BCUT2D eigenvalue weighted by atomic mass is 9.84. The van der Waals surface area contributed by atoms with Crippen molar-refractivity contribution in [3.8, 4) is 44.5 Å². The third-order valence-corrected chi connectivity index (χ3v) is 11.2. The molecule has 10 aromatic carbocycles. The highest BCUT2D eigenvalue weighted by Gasteiger charge is 2.20. The molecule has 10 aromatic rings. The summed E-state index contributed by atoms with van der Waals surface area (Å²) in [4.78, 5) is 5.33. The standard InChI is InChI=1S/C56H40N2/c1-4-18-40(19-5-1)45-25-12-15-30-50(45)56(58-52-31-17-16-26-46(52)41-20-6-2-7-21-41)57-38-39-32-34-44(35-33-39)54-49-29-14-13-28-48(49)53(43-23-8-3-9-24-43)51-37-36-42-22-10-11-27-47(42)55(51)54/h1-38,56,58H. The fourth-order valence-corrected chi connectivity index (χ4v) is 8.50. The Morgan fingerprint density at radius 1 is 0.362 bits per heavy atom. The molecule has 0 heterocycles. The van der Waals surface area contributed by atoms with Crippen LogP contribution in [0.1, 0.15) is 17.3 Å². The van der Waals surface area contributed by atoms with Gasteiger partial charge in [0, 0.05) is 23.0 Å². The zero-order valence-corrected chi connectivity index (χ0v) is 32.0. The maximum absolute atomic E-state index is 5.33. The van der Waals surface area contributed by atoms with Gasteiger partial charge in [-0.2, -0.15) is 0 Å². The molecule has 1 N–H and O–H groups in total. The minimum absolute atomic E-state index is 0.356. The normalized spacial score (nSPS) is 12.0. The van der Waals surface area contributed by atoms with E-state index in [-0.39, 0.29) is 6.17 Å². The van der Waals surface area contributed by atoms with Crippen LogP contribution in [-0.4, -0.2) is 6.21 Å². The van der Waals surface area contributed by atoms with E-state index in [4.69, 9.17) is 4.99 Å². The Labute approximate surface area is 339 Å². The molecule has 10 rings (SSSR count). The molecule has 2 heteroatoms. The monoisotopic (exact) mass is 740 g/mol. The number of nitrogens with one attached hydrogen (secondary N) is 1. The molecule has 0 radical (unpaired) electrons. The van der Waals surface area contributed by atoms with Crippen molar-refractivity contribution < 1.29 is 0 Å². The number of hydrogen-bond acceptors (Lipinski definition) is 2. The van der Waals surface area contributed by atoms with Gasteiger partial charge in [0.15, 0.2) is 0 Å². The highest BCUT2D eigenvalue weighted by molar-refractivity contribution is 6.27. The zero-order chi connectivity index (χ0) is 38.7. The van der Waals surface area contributed by atoms with E-state index >= 15 is 0 Å². The van der Waals surface area contributed by atoms with Gasteiger partial charge in [-0.25, -0.2) is 0 Å². The van der Waals surface area contributed by atoms with Crippen molar-refractivity contribution in [3.63, 3.8) is 0 Å². The van der Waals surface area contributed by atoms with Crippen LogP contribution in [0.3, 0.4) is 0 Å². The first-order valence-electron chi connectivity index (χ1n) is 19.9. The first kappa shape index (κ1) is 34.9. The summed E-state index contributed by atoms with van der Waals surface area (Å²) in [5.74, 6) is 0. The highest BCUT2D eigenvalue weighted by atomic mass is 15.1. The van der Waals surface area contributed by atoms with E-state index in [1.165, 1.54) is 54.6 Å². The van der Waals surface area contributed by atoms with E-state index in [1.54, 1.807) is 0 Å². The van der Waals surface area contributed by atoms with Crippen molar-refractivity contribution in [3.05, 3.63) is 236 Å². The second-order valence-electron chi connectivity index (χ2n) is 14.7. The second-order valence-corrected chi connectivity index (χ2v) is 14.7. The minimum Gasteiger partial charge on any atom is -0.360 e. The molecule has 1 atom stereocenters. The average Bonchev–Trinajstić information content (AvgIpc) is 3.30. The molecule has 0 saturated carbocycles. The van der Waals surface area contributed by atoms with Crippen molar-refractivity contribution in [1.29, 1.82) is 0 Å². The number of para-hydroxylation sites is 1. The van der Waals surface area contributed by atoms with Crippen LogP contribution >= 0.6 is 0 Å². The summed E-state index contributed by atoms with van der Waals surface area (Å²) >= 11 is 0. The van der Waals surface area contributed by atoms with Gasteiger partial charge in [-0.05, 0) is 82.9 Å². The van der Waals surface area contributed by atoms with Crippen molar-refractivity contribution in [2.75, 3.05) is 5.32 Å². The number of rotatable bonds is 9. The number of nitrogens with zero attached hydrogens (tertiary/aromatic N) is 1. The highest BCUT2D eigenvalue weighted by Crippen LogP contribution is 2.46. The summed E-state index contributed by atoms with van der Waals surface area (Å²) in [6, 6.07) is 80.1. The first-order valence-corrected chi connectivity index (χ1v) is 19.9. The van der Waals surface area contributed by atoms with Crippen LogP contribution in [-0.2, 0) is 0 Å². The second kappa shape index (κ2) is 15.5. The molecule has 0 spiro atoms. The Kier molecular flexibility index (Phi) is 9.35. The maximum atomic E-state index is 5.33. The van der Waals surface area contributed by atoms with Crippen LogP contribution in [0.2, 0.25) is 0 Å². The predicted octanol–water partition coefficient (Wildman–Crippen LogP) is 15.0. The van der Waals surface area contributed by atoms with Crippen LogP contribution in [0.5, 0.6) is 0 Å². The molecular formula is C56H40N2. The molecule has 274 valence electrons. The van der Waals surface area contributed by atoms with E-state index in [2.05, 4.69) is 230 Å². The predicted molar refractivity (Wildman–Crippen MR) is 248 cm³/mol. The van der Waals surface area contributed by atoms with Gasteiger partial charge in [0.1, 0.15) is 6.17 Å². The van der Waals surface area contributed by atoms with Crippen LogP contribution in [0.15, 0.2) is 229 Å². The molecule has 0 saturated heterocycles. The van der Waals surface area contributed by atoms with Gasteiger partial charge in [0.25, 0.3) is 0 Å². The van der Waals surface area contributed by atoms with Crippen molar-refractivity contribution in [2.24, 2.45) is 4.99 Å². The van der Waals surface area contributed by atoms with E-state index < -0.39 is 0 Å². The molecule has 1 unspecified atom stereocenters. The van der Waals surface area contributed by atoms with E-state index in [1.807, 2.05) is 6.21 Å². The number of hydrogen-bond donors (Lipinski definition) is 1. The summed E-state index contributed by atoms with van der Waals surface area (Å²) in [6.45, 7) is 0. The Hall–Kier alpha value is -7.55. The first-order chi connectivity index (χ1) is 28.8. The van der Waals surface area contributed by atoms with E-state index in [0.29, 0.717) is 0 Å². The summed E-state index contributed by atoms with van der Waals surface area (Å²) in [6.07, 6.45) is 1.66. The van der Waals surface area contributed by atoms with Gasteiger partial charge in [-0.3, -0.25) is 4.99 Å². The van der Waals surface area contributed by atoms with Crippen LogP contribution in [0.25, 0.3) is 76.8 Å². The molecule has 0 aliphatic rings. The lowest BCUT2D eigenvalue weighted by molar-refractivity contribution is 0.845. The quantitative estimate of drug-likeness (QED) is 0.0889. The molecule has 58 heavy (non-hydrogen) atoms.